The van der Waals surface area contributed by atoms with Crippen LogP contribution in [0.4, 0.5) is 4.39 Å². The molecule has 1 aromatic rings. The monoisotopic (exact) mass is 320 g/mol. The maximum Gasteiger partial charge on any atom is 0.337 e. The minimum Gasteiger partial charge on any atom is -0.478 e. The number of aliphatic hydroxyl groups is 2. The average molecular weight is 321 g/mol. The van der Waals surface area contributed by atoms with Crippen molar-refractivity contribution in [2.24, 2.45) is 0 Å². The number of halogens is 2. The van der Waals surface area contributed by atoms with E-state index < -0.39 is 47.5 Å². The van der Waals surface area contributed by atoms with Gasteiger partial charge in [-0.3, -0.25) is 4.79 Å². The summed E-state index contributed by atoms with van der Waals surface area (Å²) in [7, 11) is 0. The standard InChI is InChI=1S/C13H14ClFO6/c1-2-21-11(17)5-10(16)12(18)7-3-8(14)6(13(19)20)4-9(7)15/h3-4,10,12,16,18H,2,5H2,1H3,(H,19,20). The maximum atomic E-state index is 13.8. The van der Waals surface area contributed by atoms with Gasteiger partial charge in [0.15, 0.2) is 0 Å². The predicted molar refractivity (Wildman–Crippen MR) is 70.6 cm³/mol. The molecule has 0 bridgehead atoms. The first-order valence-electron chi connectivity index (χ1n) is 6.01. The molecule has 0 radical (unpaired) electrons. The molecule has 0 saturated carbocycles. The van der Waals surface area contributed by atoms with Gasteiger partial charge in [-0.2, -0.15) is 0 Å². The molecule has 0 aromatic heterocycles. The number of hydrogen-bond acceptors (Lipinski definition) is 5. The number of aromatic carboxylic acids is 1. The van der Waals surface area contributed by atoms with Gasteiger partial charge < -0.3 is 20.1 Å². The maximum absolute atomic E-state index is 13.8. The fourth-order valence-corrected chi connectivity index (χ4v) is 1.92. The van der Waals surface area contributed by atoms with Gasteiger partial charge in [0.05, 0.1) is 29.7 Å². The zero-order chi connectivity index (χ0) is 16.2. The van der Waals surface area contributed by atoms with Gasteiger partial charge in [-0.15, -0.1) is 0 Å². The molecule has 1 aromatic carbocycles. The number of ether oxygens (including phenoxy) is 1. The fourth-order valence-electron chi connectivity index (χ4n) is 1.66. The third-order valence-corrected chi connectivity index (χ3v) is 2.99. The smallest absolute Gasteiger partial charge is 0.337 e. The summed E-state index contributed by atoms with van der Waals surface area (Å²) in [6, 6.07) is 1.54. The second-order valence-electron chi connectivity index (χ2n) is 4.18. The van der Waals surface area contributed by atoms with Crippen LogP contribution in [-0.2, 0) is 9.53 Å². The van der Waals surface area contributed by atoms with Crippen LogP contribution in [0.25, 0.3) is 0 Å². The summed E-state index contributed by atoms with van der Waals surface area (Å²) >= 11 is 5.67. The number of hydrogen-bond donors (Lipinski definition) is 3. The van der Waals surface area contributed by atoms with Crippen LogP contribution in [0.2, 0.25) is 5.02 Å². The van der Waals surface area contributed by atoms with E-state index in [2.05, 4.69) is 4.74 Å². The molecular weight excluding hydrogens is 307 g/mol. The zero-order valence-electron chi connectivity index (χ0n) is 11.0. The normalized spacial score (nSPS) is 13.6. The number of carboxylic acid groups (broad SMARTS) is 1. The van der Waals surface area contributed by atoms with Crippen LogP contribution >= 0.6 is 11.6 Å². The fraction of sp³-hybridized carbons (Fsp3) is 0.385. The van der Waals surface area contributed by atoms with Crippen molar-refractivity contribution < 1.29 is 34.0 Å². The van der Waals surface area contributed by atoms with Crippen LogP contribution in [0.5, 0.6) is 0 Å². The van der Waals surface area contributed by atoms with E-state index in [1.165, 1.54) is 0 Å². The molecule has 0 heterocycles. The van der Waals surface area contributed by atoms with Crippen LogP contribution in [-0.4, -0.2) is 40.0 Å². The highest BCUT2D eigenvalue weighted by Gasteiger charge is 2.26. The van der Waals surface area contributed by atoms with Crippen LogP contribution in [0.15, 0.2) is 12.1 Å². The second kappa shape index (κ2) is 7.35. The van der Waals surface area contributed by atoms with Crippen molar-refractivity contribution in [3.63, 3.8) is 0 Å². The molecule has 3 N–H and O–H groups in total. The predicted octanol–water partition coefficient (Wildman–Crippen LogP) is 1.52. The van der Waals surface area contributed by atoms with E-state index in [0.717, 1.165) is 6.07 Å². The van der Waals surface area contributed by atoms with E-state index in [9.17, 15) is 24.2 Å². The Morgan fingerprint density at radius 3 is 2.52 bits per heavy atom. The number of carbonyl (C=O) groups is 2. The first kappa shape index (κ1) is 17.4. The lowest BCUT2D eigenvalue weighted by molar-refractivity contribution is -0.147. The molecule has 21 heavy (non-hydrogen) atoms. The molecule has 6 nitrogen and oxygen atoms in total. The Balaban J connectivity index is 2.97. The third-order valence-electron chi connectivity index (χ3n) is 2.68. The lowest BCUT2D eigenvalue weighted by Crippen LogP contribution is -2.24. The topological polar surface area (TPSA) is 104 Å². The van der Waals surface area contributed by atoms with E-state index >= 15 is 0 Å². The summed E-state index contributed by atoms with van der Waals surface area (Å²) in [5.41, 5.74) is -0.869. The molecule has 0 aliphatic rings. The summed E-state index contributed by atoms with van der Waals surface area (Å²) in [5.74, 6) is -3.23. The van der Waals surface area contributed by atoms with E-state index in [4.69, 9.17) is 16.7 Å². The van der Waals surface area contributed by atoms with Crippen LogP contribution in [0.3, 0.4) is 0 Å². The minimum absolute atomic E-state index is 0.106. The van der Waals surface area contributed by atoms with Crippen molar-refractivity contribution in [3.8, 4) is 0 Å². The number of benzene rings is 1. The summed E-state index contributed by atoms with van der Waals surface area (Å²) in [6.07, 6.45) is -3.88. The van der Waals surface area contributed by atoms with E-state index in [-0.39, 0.29) is 11.6 Å². The number of rotatable bonds is 6. The summed E-state index contributed by atoms with van der Waals surface area (Å²) in [6.45, 7) is 1.68. The lowest BCUT2D eigenvalue weighted by atomic mass is 10.00. The Morgan fingerprint density at radius 1 is 1.38 bits per heavy atom. The quantitative estimate of drug-likeness (QED) is 0.687. The van der Waals surface area contributed by atoms with E-state index in [1.54, 1.807) is 6.92 Å². The molecule has 8 heteroatoms. The zero-order valence-corrected chi connectivity index (χ0v) is 11.8. The molecule has 0 spiro atoms. The van der Waals surface area contributed by atoms with E-state index in [1.807, 2.05) is 0 Å². The molecule has 2 atom stereocenters. The van der Waals surface area contributed by atoms with Crippen molar-refractivity contribution >= 4 is 23.5 Å². The second-order valence-corrected chi connectivity index (χ2v) is 4.59. The molecule has 2 unspecified atom stereocenters. The number of aliphatic hydroxyl groups excluding tert-OH is 2. The van der Waals surface area contributed by atoms with Gasteiger partial charge in [-0.05, 0) is 19.1 Å². The summed E-state index contributed by atoms with van der Waals surface area (Å²) < 4.78 is 18.4. The van der Waals surface area contributed by atoms with Crippen LogP contribution in [0, 0.1) is 5.82 Å². The number of carboxylic acids is 1. The average Bonchev–Trinajstić information content (AvgIpc) is 2.39. The Labute approximate surface area is 124 Å². The summed E-state index contributed by atoms with van der Waals surface area (Å²) in [4.78, 5) is 22.0. The van der Waals surface area contributed by atoms with Gasteiger partial charge in [0, 0.05) is 5.56 Å². The molecule has 116 valence electrons. The van der Waals surface area contributed by atoms with Crippen molar-refractivity contribution in [2.75, 3.05) is 6.61 Å². The van der Waals surface area contributed by atoms with Gasteiger partial charge in [0.1, 0.15) is 11.9 Å². The molecular formula is C13H14ClFO6. The Kier molecular flexibility index (Phi) is 6.07. The molecule has 0 fully saturated rings. The van der Waals surface area contributed by atoms with Gasteiger partial charge >= 0.3 is 11.9 Å². The van der Waals surface area contributed by atoms with Crippen LogP contribution in [0.1, 0.15) is 35.4 Å². The van der Waals surface area contributed by atoms with E-state index in [0.29, 0.717) is 6.07 Å². The highest BCUT2D eigenvalue weighted by molar-refractivity contribution is 6.33. The SMILES string of the molecule is CCOC(=O)CC(O)C(O)c1cc(Cl)c(C(=O)O)cc1F. The number of carbonyl (C=O) groups excluding carboxylic acids is 1. The van der Waals surface area contributed by atoms with Crippen molar-refractivity contribution in [3.05, 3.63) is 34.1 Å². The molecule has 0 saturated heterocycles. The van der Waals surface area contributed by atoms with Gasteiger partial charge in [0.2, 0.25) is 0 Å². The Morgan fingerprint density at radius 2 is 2.00 bits per heavy atom. The molecule has 1 rings (SSSR count). The molecule has 0 amide bonds. The minimum atomic E-state index is -1.74. The van der Waals surface area contributed by atoms with Gasteiger partial charge in [-0.1, -0.05) is 11.6 Å². The van der Waals surface area contributed by atoms with Crippen molar-refractivity contribution in [1.29, 1.82) is 0 Å². The first-order valence-corrected chi connectivity index (χ1v) is 6.39. The van der Waals surface area contributed by atoms with Crippen LogP contribution < -0.4 is 0 Å². The van der Waals surface area contributed by atoms with Crippen molar-refractivity contribution in [2.45, 2.75) is 25.6 Å². The highest BCUT2D eigenvalue weighted by Crippen LogP contribution is 2.28. The number of esters is 1. The molecule has 0 aliphatic heterocycles. The third kappa shape index (κ3) is 4.38. The largest absolute Gasteiger partial charge is 0.478 e. The van der Waals surface area contributed by atoms with Gasteiger partial charge in [-0.25, -0.2) is 9.18 Å². The van der Waals surface area contributed by atoms with Crippen molar-refractivity contribution in [1.82, 2.24) is 0 Å². The first-order chi connectivity index (χ1) is 9.77. The lowest BCUT2D eigenvalue weighted by Gasteiger charge is -2.18. The molecule has 0 aliphatic carbocycles. The highest BCUT2D eigenvalue weighted by atomic mass is 35.5. The Hall–Kier alpha value is -1.70. The summed E-state index contributed by atoms with van der Waals surface area (Å²) in [5, 5.41) is 28.0. The van der Waals surface area contributed by atoms with Gasteiger partial charge in [0.25, 0.3) is 0 Å². The Bertz CT molecular complexity index is 548.